The summed E-state index contributed by atoms with van der Waals surface area (Å²) in [4.78, 5) is 36.8. The first-order valence-corrected chi connectivity index (χ1v) is 15.3. The molecule has 1 amide bonds. The first-order chi connectivity index (χ1) is 20.0. The second-order valence-electron chi connectivity index (χ2n) is 9.59. The Balaban J connectivity index is 1.61. The van der Waals surface area contributed by atoms with E-state index >= 15 is 0 Å². The molecule has 1 aromatic heterocycles. The van der Waals surface area contributed by atoms with E-state index in [0.717, 1.165) is 10.7 Å². The lowest BCUT2D eigenvalue weighted by Gasteiger charge is -2.29. The molecule has 1 saturated heterocycles. The Morgan fingerprint density at radius 3 is 2.29 bits per heavy atom. The van der Waals surface area contributed by atoms with Crippen LogP contribution in [0.5, 0.6) is 5.75 Å². The molecule has 1 fully saturated rings. The number of nitrogens with one attached hydrogen (secondary N) is 1. The molecule has 1 atom stereocenters. The smallest absolute Gasteiger partial charge is 0.415 e. The van der Waals surface area contributed by atoms with Gasteiger partial charge in [0.2, 0.25) is 5.95 Å². The zero-order valence-electron chi connectivity index (χ0n) is 23.5. The molecular formula is C28H33ClN6O6S. The molecule has 0 unspecified atom stereocenters. The maximum Gasteiger partial charge on any atom is 0.415 e. The van der Waals surface area contributed by atoms with Crippen molar-refractivity contribution >= 4 is 51.1 Å². The molecule has 224 valence electrons. The Kier molecular flexibility index (Phi) is 9.74. The van der Waals surface area contributed by atoms with Crippen molar-refractivity contribution in [2.75, 3.05) is 47.7 Å². The zero-order chi connectivity index (χ0) is 30.4. The monoisotopic (exact) mass is 616 g/mol. The van der Waals surface area contributed by atoms with Crippen LogP contribution in [0, 0.1) is 0 Å². The maximum atomic E-state index is 13.4. The number of likely N-dealkylation sites (tertiary alicyclic amines) is 1. The molecule has 3 aromatic rings. The molecule has 4 rings (SSSR count). The number of carboxylic acid groups (broad SMARTS) is 1. The van der Waals surface area contributed by atoms with Gasteiger partial charge in [0.25, 0.3) is 10.0 Å². The largest absolute Gasteiger partial charge is 0.480 e. The Morgan fingerprint density at radius 2 is 1.74 bits per heavy atom. The van der Waals surface area contributed by atoms with Crippen LogP contribution in [0.25, 0.3) is 0 Å². The Morgan fingerprint density at radius 1 is 1.10 bits per heavy atom. The number of halogens is 1. The zero-order valence-corrected chi connectivity index (χ0v) is 25.1. The van der Waals surface area contributed by atoms with Crippen molar-refractivity contribution in [2.24, 2.45) is 0 Å². The normalized spacial score (nSPS) is 13.6. The number of nitrogens with zero attached hydrogens (tertiary/aromatic N) is 5. The summed E-state index contributed by atoms with van der Waals surface area (Å²) in [7, 11) is -2.71. The van der Waals surface area contributed by atoms with E-state index < -0.39 is 28.1 Å². The summed E-state index contributed by atoms with van der Waals surface area (Å²) in [5.41, 5.74) is 0.723. The minimum absolute atomic E-state index is 0.00199. The van der Waals surface area contributed by atoms with Crippen molar-refractivity contribution in [3.05, 3.63) is 65.3 Å². The van der Waals surface area contributed by atoms with Gasteiger partial charge in [-0.3, -0.25) is 4.31 Å². The van der Waals surface area contributed by atoms with Gasteiger partial charge in [0, 0.05) is 44.7 Å². The van der Waals surface area contributed by atoms with Gasteiger partial charge in [0.15, 0.2) is 5.82 Å². The SMILES string of the molecule is CCN(CC)c1ncc(N(C)S(=O)(=O)c2ccc(Cl)cc2)c(N[C@@H](Cc2ccc(OC(=O)N3CCC3)cc2)C(=O)O)n1. The second-order valence-corrected chi connectivity index (χ2v) is 12.0. The van der Waals surface area contributed by atoms with Gasteiger partial charge < -0.3 is 25.0 Å². The number of hydrogen-bond donors (Lipinski definition) is 2. The Hall–Kier alpha value is -4.10. The average molecular weight is 617 g/mol. The van der Waals surface area contributed by atoms with Crippen molar-refractivity contribution in [2.45, 2.75) is 37.6 Å². The number of sulfonamides is 1. The fourth-order valence-electron chi connectivity index (χ4n) is 4.21. The second kappa shape index (κ2) is 13.3. The minimum Gasteiger partial charge on any atom is -0.480 e. The summed E-state index contributed by atoms with van der Waals surface area (Å²) >= 11 is 5.94. The number of aliphatic carboxylic acids is 1. The number of amides is 1. The van der Waals surface area contributed by atoms with E-state index in [-0.39, 0.29) is 22.8 Å². The van der Waals surface area contributed by atoms with Gasteiger partial charge >= 0.3 is 12.1 Å². The first-order valence-electron chi connectivity index (χ1n) is 13.4. The molecule has 0 bridgehead atoms. The number of carboxylic acids is 1. The number of carbonyl (C=O) groups excluding carboxylic acids is 1. The highest BCUT2D eigenvalue weighted by Gasteiger charge is 2.28. The van der Waals surface area contributed by atoms with Gasteiger partial charge in [0.05, 0.1) is 11.1 Å². The minimum atomic E-state index is -4.06. The van der Waals surface area contributed by atoms with E-state index in [4.69, 9.17) is 16.3 Å². The van der Waals surface area contributed by atoms with E-state index in [0.29, 0.717) is 48.5 Å². The summed E-state index contributed by atoms with van der Waals surface area (Å²) in [5, 5.41) is 13.4. The maximum absolute atomic E-state index is 13.4. The molecule has 2 heterocycles. The van der Waals surface area contributed by atoms with Gasteiger partial charge in [-0.2, -0.15) is 4.98 Å². The molecule has 1 aliphatic heterocycles. The van der Waals surface area contributed by atoms with Crippen molar-refractivity contribution in [3.63, 3.8) is 0 Å². The predicted octanol–water partition coefficient (Wildman–Crippen LogP) is 4.11. The van der Waals surface area contributed by atoms with Crippen LogP contribution in [0.15, 0.2) is 59.6 Å². The molecule has 42 heavy (non-hydrogen) atoms. The summed E-state index contributed by atoms with van der Waals surface area (Å²) in [5.74, 6) is -0.451. The van der Waals surface area contributed by atoms with Crippen LogP contribution in [0.2, 0.25) is 5.02 Å². The first kappa shape index (κ1) is 30.8. The summed E-state index contributed by atoms with van der Waals surface area (Å²) in [6, 6.07) is 11.1. The van der Waals surface area contributed by atoms with Crippen molar-refractivity contribution < 1.29 is 27.9 Å². The molecule has 12 nitrogen and oxygen atoms in total. The summed E-state index contributed by atoms with van der Waals surface area (Å²) in [6.07, 6.45) is 1.92. The third kappa shape index (κ3) is 7.02. The third-order valence-corrected chi connectivity index (χ3v) is 8.94. The fraction of sp³-hybridized carbons (Fsp3) is 0.357. The van der Waals surface area contributed by atoms with Crippen LogP contribution in [0.3, 0.4) is 0 Å². The van der Waals surface area contributed by atoms with Gasteiger partial charge in [-0.05, 0) is 62.2 Å². The molecule has 2 N–H and O–H groups in total. The molecule has 2 aromatic carbocycles. The van der Waals surface area contributed by atoms with Gasteiger partial charge in [-0.1, -0.05) is 23.7 Å². The summed E-state index contributed by atoms with van der Waals surface area (Å²) in [6.45, 7) is 6.36. The standard InChI is InChI=1S/C28H33ClN6O6S/c1-4-34(5-2)27-30-18-24(33(3)42(39,40)22-13-9-20(29)10-14-22)25(32-27)31-23(26(36)37)17-19-7-11-21(12-8-19)41-28(38)35-15-6-16-35/h7-14,18,23H,4-6,15-17H2,1-3H3,(H,36,37)(H,30,31,32)/t23-/m0/s1. The van der Waals surface area contributed by atoms with E-state index in [2.05, 4.69) is 15.3 Å². The molecule has 0 aliphatic carbocycles. The number of hydrogen-bond acceptors (Lipinski definition) is 9. The molecule has 1 aliphatic rings. The highest BCUT2D eigenvalue weighted by Crippen LogP contribution is 2.30. The lowest BCUT2D eigenvalue weighted by Crippen LogP contribution is -2.43. The topological polar surface area (TPSA) is 145 Å². The summed E-state index contributed by atoms with van der Waals surface area (Å²) < 4.78 is 33.3. The molecule has 0 spiro atoms. The molecule has 0 saturated carbocycles. The van der Waals surface area contributed by atoms with Gasteiger partial charge in [-0.15, -0.1) is 0 Å². The van der Waals surface area contributed by atoms with E-state index in [1.165, 1.54) is 37.5 Å². The Labute approximate surface area is 249 Å². The lowest BCUT2D eigenvalue weighted by molar-refractivity contribution is -0.137. The van der Waals surface area contributed by atoms with Gasteiger partial charge in [0.1, 0.15) is 17.5 Å². The molecule has 14 heteroatoms. The van der Waals surface area contributed by atoms with E-state index in [1.807, 2.05) is 18.7 Å². The predicted molar refractivity (Wildman–Crippen MR) is 160 cm³/mol. The Bertz CT molecular complexity index is 1510. The van der Waals surface area contributed by atoms with Crippen LogP contribution in [0.4, 0.5) is 22.2 Å². The number of carbonyl (C=O) groups is 2. The number of benzene rings is 2. The highest BCUT2D eigenvalue weighted by molar-refractivity contribution is 7.92. The number of ether oxygens (including phenoxy) is 1. The van der Waals surface area contributed by atoms with E-state index in [1.54, 1.807) is 29.2 Å². The molecule has 0 radical (unpaired) electrons. The van der Waals surface area contributed by atoms with Crippen molar-refractivity contribution in [1.82, 2.24) is 14.9 Å². The van der Waals surface area contributed by atoms with Crippen LogP contribution < -0.4 is 19.3 Å². The van der Waals surface area contributed by atoms with Crippen molar-refractivity contribution in [3.8, 4) is 5.75 Å². The van der Waals surface area contributed by atoms with Crippen LogP contribution in [-0.4, -0.2) is 79.7 Å². The lowest BCUT2D eigenvalue weighted by atomic mass is 10.1. The van der Waals surface area contributed by atoms with Crippen LogP contribution in [-0.2, 0) is 21.2 Å². The quantitative estimate of drug-likeness (QED) is 0.305. The van der Waals surface area contributed by atoms with E-state index in [9.17, 15) is 23.1 Å². The average Bonchev–Trinajstić information content (AvgIpc) is 2.93. The van der Waals surface area contributed by atoms with Crippen LogP contribution >= 0.6 is 11.6 Å². The number of aromatic nitrogens is 2. The molecular weight excluding hydrogens is 584 g/mol. The number of rotatable bonds is 12. The van der Waals surface area contributed by atoms with Crippen molar-refractivity contribution in [1.29, 1.82) is 0 Å². The third-order valence-electron chi connectivity index (χ3n) is 6.91. The highest BCUT2D eigenvalue weighted by atomic mass is 35.5. The van der Waals surface area contributed by atoms with Crippen LogP contribution in [0.1, 0.15) is 25.8 Å². The van der Waals surface area contributed by atoms with Gasteiger partial charge in [-0.25, -0.2) is 23.0 Å². The number of anilines is 3. The fourth-order valence-corrected chi connectivity index (χ4v) is 5.53.